The Bertz CT molecular complexity index is 776. The molecule has 0 bridgehead atoms. The summed E-state index contributed by atoms with van der Waals surface area (Å²) in [6.07, 6.45) is 0.470. The number of aromatic nitrogens is 2. The van der Waals surface area contributed by atoms with Gasteiger partial charge in [-0.25, -0.2) is 4.79 Å². The predicted molar refractivity (Wildman–Crippen MR) is 78.5 cm³/mol. The Balaban J connectivity index is 2.41. The molecule has 0 atom stereocenters. The second-order valence-electron chi connectivity index (χ2n) is 4.57. The van der Waals surface area contributed by atoms with Gasteiger partial charge in [-0.3, -0.25) is 14.2 Å². The molecule has 1 amide bonds. The summed E-state index contributed by atoms with van der Waals surface area (Å²) in [6, 6.07) is 4.55. The van der Waals surface area contributed by atoms with E-state index in [0.717, 1.165) is 4.57 Å². The van der Waals surface area contributed by atoms with Crippen molar-refractivity contribution in [2.45, 2.75) is 19.9 Å². The molecule has 7 heteroatoms. The van der Waals surface area contributed by atoms with Crippen LogP contribution in [0.4, 0.5) is 0 Å². The van der Waals surface area contributed by atoms with Crippen LogP contribution in [0.15, 0.2) is 27.8 Å². The first-order chi connectivity index (χ1) is 10.1. The van der Waals surface area contributed by atoms with Gasteiger partial charge < -0.3 is 15.4 Å². The van der Waals surface area contributed by atoms with E-state index in [9.17, 15) is 14.4 Å². The normalized spacial score (nSPS) is 10.8. The lowest BCUT2D eigenvalue weighted by atomic mass is 10.1. The third-order valence-electron chi connectivity index (χ3n) is 3.18. The van der Waals surface area contributed by atoms with Crippen LogP contribution in [0, 0.1) is 0 Å². The van der Waals surface area contributed by atoms with E-state index in [1.165, 1.54) is 18.2 Å². The van der Waals surface area contributed by atoms with Crippen molar-refractivity contribution in [3.8, 4) is 0 Å². The fourth-order valence-corrected chi connectivity index (χ4v) is 2.07. The summed E-state index contributed by atoms with van der Waals surface area (Å²) in [5.74, 6) is -0.314. The molecule has 0 aliphatic heterocycles. The van der Waals surface area contributed by atoms with Gasteiger partial charge in [0, 0.05) is 25.3 Å². The largest absolute Gasteiger partial charge is 0.396 e. The van der Waals surface area contributed by atoms with E-state index in [1.807, 2.05) is 0 Å². The van der Waals surface area contributed by atoms with Gasteiger partial charge in [-0.1, -0.05) is 0 Å². The molecular formula is C14H17N3O4. The minimum Gasteiger partial charge on any atom is -0.396 e. The predicted octanol–water partition coefficient (Wildman–Crippen LogP) is -0.178. The maximum atomic E-state index is 12.1. The highest BCUT2D eigenvalue weighted by molar-refractivity contribution is 5.97. The van der Waals surface area contributed by atoms with Crippen LogP contribution in [0.5, 0.6) is 0 Å². The number of nitrogens with one attached hydrogen (secondary N) is 2. The van der Waals surface area contributed by atoms with Crippen LogP contribution in [0.25, 0.3) is 10.9 Å². The second kappa shape index (κ2) is 6.36. The highest BCUT2D eigenvalue weighted by Gasteiger charge is 2.10. The summed E-state index contributed by atoms with van der Waals surface area (Å²) < 4.78 is 1.10. The van der Waals surface area contributed by atoms with Gasteiger partial charge in [0.15, 0.2) is 0 Å². The van der Waals surface area contributed by atoms with Gasteiger partial charge in [-0.15, -0.1) is 0 Å². The molecular weight excluding hydrogens is 274 g/mol. The van der Waals surface area contributed by atoms with Crippen LogP contribution < -0.4 is 16.6 Å². The maximum Gasteiger partial charge on any atom is 0.328 e. The molecule has 0 fully saturated rings. The molecule has 112 valence electrons. The summed E-state index contributed by atoms with van der Waals surface area (Å²) in [7, 11) is 0. The quantitative estimate of drug-likeness (QED) is 0.665. The monoisotopic (exact) mass is 291 g/mol. The molecule has 3 N–H and O–H groups in total. The van der Waals surface area contributed by atoms with Crippen LogP contribution in [-0.2, 0) is 6.54 Å². The fraction of sp³-hybridized carbons (Fsp3) is 0.357. The first-order valence-corrected chi connectivity index (χ1v) is 6.74. The topological polar surface area (TPSA) is 104 Å². The van der Waals surface area contributed by atoms with Crippen LogP contribution in [-0.4, -0.2) is 33.7 Å². The number of carbonyl (C=O) groups is 1. The Morgan fingerprint density at radius 3 is 2.81 bits per heavy atom. The molecule has 0 saturated carbocycles. The van der Waals surface area contributed by atoms with Crippen LogP contribution in [0.3, 0.4) is 0 Å². The first-order valence-electron chi connectivity index (χ1n) is 6.74. The van der Waals surface area contributed by atoms with Crippen molar-refractivity contribution in [2.75, 3.05) is 13.2 Å². The Kier molecular flexibility index (Phi) is 4.54. The number of fused-ring (bicyclic) bond motifs is 1. The average Bonchev–Trinajstić information content (AvgIpc) is 2.47. The number of aliphatic hydroxyl groups excluding tert-OH is 1. The lowest BCUT2D eigenvalue weighted by Gasteiger charge is -2.07. The summed E-state index contributed by atoms with van der Waals surface area (Å²) >= 11 is 0. The maximum absolute atomic E-state index is 12.1. The summed E-state index contributed by atoms with van der Waals surface area (Å²) in [5.41, 5.74) is -0.175. The van der Waals surface area contributed by atoms with Crippen molar-refractivity contribution in [1.29, 1.82) is 0 Å². The molecule has 7 nitrogen and oxygen atoms in total. The number of nitrogens with zero attached hydrogens (tertiary/aromatic N) is 1. The van der Waals surface area contributed by atoms with Gasteiger partial charge in [0.2, 0.25) is 0 Å². The van der Waals surface area contributed by atoms with Crippen molar-refractivity contribution in [3.05, 3.63) is 44.6 Å². The first kappa shape index (κ1) is 15.0. The Labute approximate surface area is 120 Å². The second-order valence-corrected chi connectivity index (χ2v) is 4.57. The number of aromatic amines is 1. The van der Waals surface area contributed by atoms with Gasteiger partial charge in [-0.2, -0.15) is 0 Å². The molecule has 0 saturated heterocycles. The van der Waals surface area contributed by atoms with E-state index in [0.29, 0.717) is 29.4 Å². The van der Waals surface area contributed by atoms with Crippen LogP contribution in [0.1, 0.15) is 23.7 Å². The number of aliphatic hydroxyl groups is 1. The molecule has 1 aromatic heterocycles. The number of benzene rings is 1. The van der Waals surface area contributed by atoms with Gasteiger partial charge >= 0.3 is 5.69 Å². The van der Waals surface area contributed by atoms with Crippen molar-refractivity contribution in [3.63, 3.8) is 0 Å². The number of rotatable bonds is 5. The number of amides is 1. The molecule has 1 heterocycles. The van der Waals surface area contributed by atoms with Crippen LogP contribution >= 0.6 is 0 Å². The number of carbonyl (C=O) groups excluding carboxylic acids is 1. The molecule has 0 spiro atoms. The zero-order valence-electron chi connectivity index (χ0n) is 11.7. The number of hydrogen-bond acceptors (Lipinski definition) is 4. The van der Waals surface area contributed by atoms with Crippen molar-refractivity contribution in [2.24, 2.45) is 0 Å². The molecule has 0 unspecified atom stereocenters. The molecule has 0 aliphatic rings. The SMILES string of the molecule is CCn1c(=O)[nH]c2cc(C(=O)NCCCO)ccc2c1=O. The molecule has 2 aromatic rings. The Hall–Kier alpha value is -2.41. The number of hydrogen-bond donors (Lipinski definition) is 3. The molecule has 0 aliphatic carbocycles. The Morgan fingerprint density at radius 1 is 1.38 bits per heavy atom. The van der Waals surface area contributed by atoms with E-state index >= 15 is 0 Å². The lowest BCUT2D eigenvalue weighted by molar-refractivity contribution is 0.0951. The average molecular weight is 291 g/mol. The molecule has 1 aromatic carbocycles. The molecule has 2 rings (SSSR count). The minimum absolute atomic E-state index is 0.00186. The lowest BCUT2D eigenvalue weighted by Crippen LogP contribution is -2.34. The minimum atomic E-state index is -0.493. The summed E-state index contributed by atoms with van der Waals surface area (Å²) in [4.78, 5) is 38.3. The third kappa shape index (κ3) is 3.03. The van der Waals surface area contributed by atoms with Gasteiger partial charge in [0.25, 0.3) is 11.5 Å². The zero-order valence-corrected chi connectivity index (χ0v) is 11.7. The fourth-order valence-electron chi connectivity index (χ4n) is 2.07. The third-order valence-corrected chi connectivity index (χ3v) is 3.18. The van der Waals surface area contributed by atoms with Crippen molar-refractivity contribution in [1.82, 2.24) is 14.9 Å². The van der Waals surface area contributed by atoms with Crippen molar-refractivity contribution < 1.29 is 9.90 Å². The van der Waals surface area contributed by atoms with Gasteiger partial charge in [-0.05, 0) is 31.5 Å². The van der Waals surface area contributed by atoms with Gasteiger partial charge in [0.05, 0.1) is 10.9 Å². The van der Waals surface area contributed by atoms with E-state index in [1.54, 1.807) is 6.92 Å². The van der Waals surface area contributed by atoms with E-state index in [4.69, 9.17) is 5.11 Å². The van der Waals surface area contributed by atoms with E-state index in [-0.39, 0.29) is 24.6 Å². The van der Waals surface area contributed by atoms with E-state index < -0.39 is 5.69 Å². The number of H-pyrrole nitrogens is 1. The summed E-state index contributed by atoms with van der Waals surface area (Å²) in [6.45, 7) is 2.36. The zero-order chi connectivity index (χ0) is 15.4. The van der Waals surface area contributed by atoms with Crippen LogP contribution in [0.2, 0.25) is 0 Å². The van der Waals surface area contributed by atoms with Crippen molar-refractivity contribution >= 4 is 16.8 Å². The highest BCUT2D eigenvalue weighted by Crippen LogP contribution is 2.09. The summed E-state index contributed by atoms with van der Waals surface area (Å²) in [5, 5.41) is 11.7. The van der Waals surface area contributed by atoms with E-state index in [2.05, 4.69) is 10.3 Å². The molecule has 0 radical (unpaired) electrons. The molecule has 21 heavy (non-hydrogen) atoms. The smallest absolute Gasteiger partial charge is 0.328 e. The highest BCUT2D eigenvalue weighted by atomic mass is 16.3. The Morgan fingerprint density at radius 2 is 2.14 bits per heavy atom. The standard InChI is InChI=1S/C14H17N3O4/c1-2-17-13(20)10-5-4-9(8-11(10)16-14(17)21)12(19)15-6-3-7-18/h4-5,8,18H,2-3,6-7H2,1H3,(H,15,19)(H,16,21). The van der Waals surface area contributed by atoms with Gasteiger partial charge in [0.1, 0.15) is 0 Å².